The molecule has 3 aromatic rings. The zero-order valence-electron chi connectivity index (χ0n) is 15.7. The fourth-order valence-corrected chi connectivity index (χ4v) is 3.87. The summed E-state index contributed by atoms with van der Waals surface area (Å²) < 4.78 is 11.3. The molecule has 0 aliphatic rings. The third kappa shape index (κ3) is 4.28. The lowest BCUT2D eigenvalue weighted by molar-refractivity contribution is -0.872. The number of quaternary nitrogens is 1. The molecule has 2 N–H and O–H groups in total. The van der Waals surface area contributed by atoms with Crippen molar-refractivity contribution in [3.63, 3.8) is 0 Å². The molecule has 0 bridgehead atoms. The van der Waals surface area contributed by atoms with Gasteiger partial charge in [-0.05, 0) is 31.2 Å². The first-order valence-corrected chi connectivity index (χ1v) is 9.90. The molecule has 0 aliphatic carbocycles. The van der Waals surface area contributed by atoms with E-state index < -0.39 is 5.97 Å². The highest BCUT2D eigenvalue weighted by Crippen LogP contribution is 2.36. The topological polar surface area (TPSA) is 64.1 Å². The van der Waals surface area contributed by atoms with Crippen LogP contribution in [0.4, 0.5) is 0 Å². The van der Waals surface area contributed by atoms with Crippen molar-refractivity contribution in [1.29, 1.82) is 0 Å². The lowest BCUT2D eigenvalue weighted by atomic mass is 10.0. The maximum Gasteiger partial charge on any atom is 0.342 e. The van der Waals surface area contributed by atoms with E-state index in [9.17, 15) is 9.90 Å². The third-order valence-electron chi connectivity index (χ3n) is 4.13. The summed E-state index contributed by atoms with van der Waals surface area (Å²) in [6.07, 6.45) is 0. The van der Waals surface area contributed by atoms with Gasteiger partial charge in [0.25, 0.3) is 0 Å². The standard InChI is InChI=1S/C21H23NO4S/c1-4-25-21(24)20-18(13-27-14-8-6-5-7-9-14)26-17-11-10-16(23)15(19(17)20)12-22(2)3/h5-11,23H,4,12-13H2,1-3H3/p+1. The zero-order chi connectivity index (χ0) is 19.4. The van der Waals surface area contributed by atoms with Crippen LogP contribution >= 0.6 is 11.8 Å². The van der Waals surface area contributed by atoms with Crippen LogP contribution in [0.15, 0.2) is 51.8 Å². The molecule has 142 valence electrons. The van der Waals surface area contributed by atoms with Gasteiger partial charge in [0.1, 0.15) is 29.2 Å². The highest BCUT2D eigenvalue weighted by molar-refractivity contribution is 7.98. The van der Waals surface area contributed by atoms with Crippen LogP contribution in [0.25, 0.3) is 11.0 Å². The predicted octanol–water partition coefficient (Wildman–Crippen LogP) is 3.25. The second-order valence-electron chi connectivity index (χ2n) is 6.54. The molecular formula is C21H24NO4S+. The number of rotatable bonds is 7. The summed E-state index contributed by atoms with van der Waals surface area (Å²) in [5.41, 5.74) is 1.72. The van der Waals surface area contributed by atoms with E-state index >= 15 is 0 Å². The van der Waals surface area contributed by atoms with Gasteiger partial charge in [-0.3, -0.25) is 0 Å². The zero-order valence-corrected chi connectivity index (χ0v) is 16.6. The van der Waals surface area contributed by atoms with E-state index in [0.717, 1.165) is 9.80 Å². The smallest absolute Gasteiger partial charge is 0.342 e. The van der Waals surface area contributed by atoms with Gasteiger partial charge in [-0.15, -0.1) is 11.8 Å². The van der Waals surface area contributed by atoms with Gasteiger partial charge in [0.05, 0.1) is 32.0 Å². The Hall–Kier alpha value is -2.44. The Bertz CT molecular complexity index is 934. The van der Waals surface area contributed by atoms with Gasteiger partial charge < -0.3 is 19.2 Å². The van der Waals surface area contributed by atoms with Gasteiger partial charge in [-0.25, -0.2) is 4.79 Å². The summed E-state index contributed by atoms with van der Waals surface area (Å²) in [7, 11) is 3.99. The van der Waals surface area contributed by atoms with Crippen LogP contribution in [0.3, 0.4) is 0 Å². The first kappa shape index (κ1) is 19.3. The molecule has 0 aliphatic heterocycles. The SMILES string of the molecule is CCOC(=O)c1c(CSc2ccccc2)oc2ccc(O)c(C[NH+](C)C)c12. The van der Waals surface area contributed by atoms with Crippen LogP contribution in [-0.4, -0.2) is 31.8 Å². The number of thioether (sulfide) groups is 1. The molecule has 27 heavy (non-hydrogen) atoms. The molecule has 0 spiro atoms. The Morgan fingerprint density at radius 1 is 1.19 bits per heavy atom. The van der Waals surface area contributed by atoms with Crippen LogP contribution < -0.4 is 4.90 Å². The fourth-order valence-electron chi connectivity index (χ4n) is 3.02. The Morgan fingerprint density at radius 2 is 1.93 bits per heavy atom. The summed E-state index contributed by atoms with van der Waals surface area (Å²) in [5.74, 6) is 0.817. The van der Waals surface area contributed by atoms with Gasteiger partial charge in [0.15, 0.2) is 0 Å². The first-order valence-electron chi connectivity index (χ1n) is 8.91. The van der Waals surface area contributed by atoms with Crippen LogP contribution in [0.1, 0.15) is 28.6 Å². The molecule has 0 radical (unpaired) electrons. The lowest BCUT2D eigenvalue weighted by Gasteiger charge is -2.11. The monoisotopic (exact) mass is 386 g/mol. The summed E-state index contributed by atoms with van der Waals surface area (Å²) in [6, 6.07) is 13.3. The highest BCUT2D eigenvalue weighted by atomic mass is 32.2. The number of esters is 1. The van der Waals surface area contributed by atoms with Crippen molar-refractivity contribution < 1.29 is 24.0 Å². The summed E-state index contributed by atoms with van der Waals surface area (Å²) in [6.45, 7) is 2.63. The molecule has 0 saturated heterocycles. The molecule has 5 nitrogen and oxygen atoms in total. The van der Waals surface area contributed by atoms with Crippen molar-refractivity contribution in [3.8, 4) is 5.75 Å². The number of hydrogen-bond acceptors (Lipinski definition) is 5. The Balaban J connectivity index is 2.09. The van der Waals surface area contributed by atoms with Gasteiger partial charge in [0.2, 0.25) is 0 Å². The quantitative estimate of drug-likeness (QED) is 0.482. The van der Waals surface area contributed by atoms with Crippen molar-refractivity contribution in [2.24, 2.45) is 0 Å². The number of phenolic OH excluding ortho intramolecular Hbond substituents is 1. The maximum absolute atomic E-state index is 12.7. The fraction of sp³-hybridized carbons (Fsp3) is 0.286. The molecule has 0 saturated carbocycles. The highest BCUT2D eigenvalue weighted by Gasteiger charge is 2.26. The number of hydrogen-bond donors (Lipinski definition) is 2. The van der Waals surface area contributed by atoms with Gasteiger partial charge in [-0.2, -0.15) is 0 Å². The number of aromatic hydroxyl groups is 1. The molecule has 2 aromatic carbocycles. The number of benzene rings is 2. The Kier molecular flexibility index (Phi) is 6.08. The number of ether oxygens (including phenoxy) is 1. The van der Waals surface area contributed by atoms with E-state index in [-0.39, 0.29) is 12.4 Å². The molecular weight excluding hydrogens is 362 g/mol. The largest absolute Gasteiger partial charge is 0.507 e. The van der Waals surface area contributed by atoms with Gasteiger partial charge in [0, 0.05) is 10.3 Å². The van der Waals surface area contributed by atoms with E-state index in [1.54, 1.807) is 30.8 Å². The maximum atomic E-state index is 12.7. The van der Waals surface area contributed by atoms with Crippen molar-refractivity contribution in [3.05, 3.63) is 59.4 Å². The molecule has 0 amide bonds. The van der Waals surface area contributed by atoms with Crippen LogP contribution in [-0.2, 0) is 17.0 Å². The normalized spacial score (nSPS) is 11.3. The number of carbonyl (C=O) groups excluding carboxylic acids is 1. The first-order chi connectivity index (χ1) is 13.0. The second kappa shape index (κ2) is 8.50. The summed E-state index contributed by atoms with van der Waals surface area (Å²) >= 11 is 1.59. The lowest BCUT2D eigenvalue weighted by Crippen LogP contribution is -3.04. The van der Waals surface area contributed by atoms with Crippen LogP contribution in [0, 0.1) is 0 Å². The van der Waals surface area contributed by atoms with Crippen molar-refractivity contribution >= 4 is 28.7 Å². The third-order valence-corrected chi connectivity index (χ3v) is 5.15. The van der Waals surface area contributed by atoms with E-state index in [0.29, 0.717) is 40.2 Å². The van der Waals surface area contributed by atoms with Crippen LogP contribution in [0.2, 0.25) is 0 Å². The molecule has 0 unspecified atom stereocenters. The summed E-state index contributed by atoms with van der Waals surface area (Å²) in [4.78, 5) is 14.9. The second-order valence-corrected chi connectivity index (χ2v) is 7.59. The molecule has 0 atom stereocenters. The van der Waals surface area contributed by atoms with E-state index in [2.05, 4.69) is 0 Å². The average molecular weight is 386 g/mol. The predicted molar refractivity (Wildman–Crippen MR) is 106 cm³/mol. The minimum Gasteiger partial charge on any atom is -0.507 e. The minimum absolute atomic E-state index is 0.164. The number of furan rings is 1. The molecule has 6 heteroatoms. The van der Waals surface area contributed by atoms with E-state index in [1.165, 1.54) is 0 Å². The van der Waals surface area contributed by atoms with Crippen molar-refractivity contribution in [2.45, 2.75) is 24.1 Å². The molecule has 1 heterocycles. The van der Waals surface area contributed by atoms with Crippen LogP contribution in [0.5, 0.6) is 5.75 Å². The number of nitrogens with one attached hydrogen (secondary N) is 1. The Labute approximate surface area is 162 Å². The molecule has 3 rings (SSSR count). The Morgan fingerprint density at radius 3 is 2.59 bits per heavy atom. The minimum atomic E-state index is -0.416. The van der Waals surface area contributed by atoms with E-state index in [1.807, 2.05) is 44.4 Å². The summed E-state index contributed by atoms with van der Waals surface area (Å²) in [5, 5.41) is 11.0. The van der Waals surface area contributed by atoms with Gasteiger partial charge in [-0.1, -0.05) is 18.2 Å². The molecule has 1 aromatic heterocycles. The number of phenols is 1. The van der Waals surface area contributed by atoms with Crippen molar-refractivity contribution in [1.82, 2.24) is 0 Å². The van der Waals surface area contributed by atoms with E-state index in [4.69, 9.17) is 9.15 Å². The van der Waals surface area contributed by atoms with Gasteiger partial charge >= 0.3 is 5.97 Å². The van der Waals surface area contributed by atoms with Crippen molar-refractivity contribution in [2.75, 3.05) is 20.7 Å². The average Bonchev–Trinajstić information content (AvgIpc) is 3.02. The number of fused-ring (bicyclic) bond motifs is 1. The molecule has 0 fully saturated rings. The number of carbonyl (C=O) groups is 1.